The van der Waals surface area contributed by atoms with Crippen LogP contribution in [0.3, 0.4) is 0 Å². The minimum Gasteiger partial charge on any atom is -0.311 e. The zero-order chi connectivity index (χ0) is 19.1. The second kappa shape index (κ2) is 7.04. The number of imidazole rings is 1. The molecule has 0 spiro atoms. The van der Waals surface area contributed by atoms with Crippen LogP contribution in [0.25, 0.3) is 17.0 Å². The van der Waals surface area contributed by atoms with Crippen molar-refractivity contribution >= 4 is 40.6 Å². The first-order chi connectivity index (χ1) is 12.9. The van der Waals surface area contributed by atoms with E-state index in [1.807, 2.05) is 35.8 Å². The molecule has 136 valence electrons. The van der Waals surface area contributed by atoms with Crippen molar-refractivity contribution in [1.29, 1.82) is 0 Å². The monoisotopic (exact) mass is 417 g/mol. The topological polar surface area (TPSA) is 39.3 Å². The van der Waals surface area contributed by atoms with Gasteiger partial charge in [0.05, 0.1) is 22.3 Å². The minimum atomic E-state index is -0.124. The van der Waals surface area contributed by atoms with E-state index in [-0.39, 0.29) is 5.56 Å². The molecule has 0 unspecified atom stereocenters. The highest BCUT2D eigenvalue weighted by Gasteiger charge is 2.13. The van der Waals surface area contributed by atoms with E-state index in [1.54, 1.807) is 34.9 Å². The maximum atomic E-state index is 12.5. The summed E-state index contributed by atoms with van der Waals surface area (Å²) < 4.78 is 3.52. The highest BCUT2D eigenvalue weighted by molar-refractivity contribution is 6.42. The van der Waals surface area contributed by atoms with Crippen LogP contribution in [-0.4, -0.2) is 14.0 Å². The maximum Gasteiger partial charge on any atom is 0.259 e. The van der Waals surface area contributed by atoms with E-state index in [9.17, 15) is 4.79 Å². The van der Waals surface area contributed by atoms with E-state index >= 15 is 0 Å². The van der Waals surface area contributed by atoms with Gasteiger partial charge in [-0.1, -0.05) is 53.0 Å². The molecule has 0 atom stereocenters. The average Bonchev–Trinajstić information content (AvgIpc) is 3.08. The largest absolute Gasteiger partial charge is 0.311 e. The smallest absolute Gasteiger partial charge is 0.259 e. The van der Waals surface area contributed by atoms with E-state index in [0.717, 1.165) is 16.8 Å². The van der Waals surface area contributed by atoms with E-state index in [2.05, 4.69) is 0 Å². The fourth-order valence-electron chi connectivity index (χ4n) is 2.98. The average molecular weight is 419 g/mol. The van der Waals surface area contributed by atoms with Gasteiger partial charge in [0.15, 0.2) is 0 Å². The van der Waals surface area contributed by atoms with Crippen LogP contribution in [0.2, 0.25) is 15.1 Å². The first-order valence-corrected chi connectivity index (χ1v) is 9.35. The summed E-state index contributed by atoms with van der Waals surface area (Å²) in [5, 5.41) is 1.65. The number of hydrogen-bond acceptors (Lipinski definition) is 2. The number of benzene rings is 2. The van der Waals surface area contributed by atoms with Crippen molar-refractivity contribution in [2.45, 2.75) is 13.5 Å². The van der Waals surface area contributed by atoms with Crippen LogP contribution in [-0.2, 0) is 6.54 Å². The van der Waals surface area contributed by atoms with Crippen LogP contribution in [0.15, 0.2) is 59.5 Å². The fourth-order valence-corrected chi connectivity index (χ4v) is 3.43. The summed E-state index contributed by atoms with van der Waals surface area (Å²) in [6, 6.07) is 14.4. The van der Waals surface area contributed by atoms with Crippen LogP contribution in [0, 0.1) is 6.92 Å². The number of fused-ring (bicyclic) bond motifs is 1. The molecule has 2 aromatic heterocycles. The standard InChI is InChI=1S/C20H14Cl3N3O/c1-12-8-19(27)26-11-18(14-3-5-15(21)6-4-14)24-20(26)25(12)10-13-2-7-16(22)17(23)9-13/h2-9,11H,10H2,1H3. The number of halogens is 3. The third kappa shape index (κ3) is 3.48. The molecule has 0 radical (unpaired) electrons. The molecular formula is C20H14Cl3N3O. The predicted molar refractivity (Wildman–Crippen MR) is 110 cm³/mol. The lowest BCUT2D eigenvalue weighted by Gasteiger charge is -2.12. The lowest BCUT2D eigenvalue weighted by molar-refractivity contribution is 0.749. The van der Waals surface area contributed by atoms with Gasteiger partial charge in [0, 0.05) is 28.5 Å². The molecule has 0 saturated carbocycles. The molecule has 4 aromatic rings. The Morgan fingerprint density at radius 3 is 2.41 bits per heavy atom. The zero-order valence-electron chi connectivity index (χ0n) is 14.3. The number of rotatable bonds is 3. The third-order valence-electron chi connectivity index (χ3n) is 4.39. The van der Waals surface area contributed by atoms with Gasteiger partial charge in [-0.2, -0.15) is 0 Å². The second-order valence-electron chi connectivity index (χ2n) is 6.26. The molecule has 2 heterocycles. The first-order valence-electron chi connectivity index (χ1n) is 8.22. The van der Waals surface area contributed by atoms with Gasteiger partial charge in [-0.3, -0.25) is 9.20 Å². The van der Waals surface area contributed by atoms with Gasteiger partial charge >= 0.3 is 0 Å². The number of hydrogen-bond donors (Lipinski definition) is 0. The molecule has 7 heteroatoms. The van der Waals surface area contributed by atoms with Crippen LogP contribution in [0.1, 0.15) is 11.3 Å². The number of aromatic nitrogens is 3. The van der Waals surface area contributed by atoms with Gasteiger partial charge in [-0.25, -0.2) is 4.98 Å². The summed E-state index contributed by atoms with van der Waals surface area (Å²) in [7, 11) is 0. The van der Waals surface area contributed by atoms with Crippen LogP contribution >= 0.6 is 34.8 Å². The van der Waals surface area contributed by atoms with Crippen molar-refractivity contribution in [2.75, 3.05) is 0 Å². The second-order valence-corrected chi connectivity index (χ2v) is 7.51. The molecule has 0 amide bonds. The van der Waals surface area contributed by atoms with Crippen molar-refractivity contribution in [3.05, 3.63) is 91.4 Å². The minimum absolute atomic E-state index is 0.124. The van der Waals surface area contributed by atoms with Crippen molar-refractivity contribution in [1.82, 2.24) is 14.0 Å². The summed E-state index contributed by atoms with van der Waals surface area (Å²) >= 11 is 18.1. The SMILES string of the molecule is Cc1cc(=O)n2cc(-c3ccc(Cl)cc3)nc2n1Cc1ccc(Cl)c(Cl)c1. The first kappa shape index (κ1) is 18.1. The summed E-state index contributed by atoms with van der Waals surface area (Å²) in [5.74, 6) is 0.566. The molecule has 0 aliphatic rings. The van der Waals surface area contributed by atoms with Crippen LogP contribution in [0.4, 0.5) is 0 Å². The summed E-state index contributed by atoms with van der Waals surface area (Å²) in [5.41, 5.74) is 3.25. The Balaban J connectivity index is 1.85. The molecule has 0 fully saturated rings. The quantitative estimate of drug-likeness (QED) is 0.442. The Hall–Kier alpha value is -2.27. The maximum absolute atomic E-state index is 12.5. The van der Waals surface area contributed by atoms with Gasteiger partial charge in [0.2, 0.25) is 5.78 Å². The van der Waals surface area contributed by atoms with E-state index < -0.39 is 0 Å². The van der Waals surface area contributed by atoms with E-state index in [0.29, 0.717) is 33.1 Å². The third-order valence-corrected chi connectivity index (χ3v) is 5.38. The Labute approximate surface area is 170 Å². The molecule has 0 bridgehead atoms. The van der Waals surface area contributed by atoms with Crippen molar-refractivity contribution < 1.29 is 0 Å². The van der Waals surface area contributed by atoms with Crippen molar-refractivity contribution in [3.8, 4) is 11.3 Å². The summed E-state index contributed by atoms with van der Waals surface area (Å²) in [6.07, 6.45) is 1.74. The Bertz CT molecular complexity index is 1210. The molecule has 27 heavy (non-hydrogen) atoms. The Kier molecular flexibility index (Phi) is 4.72. The van der Waals surface area contributed by atoms with Gasteiger partial charge in [-0.15, -0.1) is 0 Å². The van der Waals surface area contributed by atoms with Gasteiger partial charge in [0.25, 0.3) is 5.56 Å². The molecule has 2 aromatic carbocycles. The van der Waals surface area contributed by atoms with Gasteiger partial charge in [0.1, 0.15) is 0 Å². The number of nitrogens with zero attached hydrogens (tertiary/aromatic N) is 3. The molecule has 4 rings (SSSR count). The van der Waals surface area contributed by atoms with E-state index in [1.165, 1.54) is 0 Å². The van der Waals surface area contributed by atoms with Crippen LogP contribution < -0.4 is 5.56 Å². The Morgan fingerprint density at radius 2 is 1.70 bits per heavy atom. The van der Waals surface area contributed by atoms with Crippen LogP contribution in [0.5, 0.6) is 0 Å². The van der Waals surface area contributed by atoms with Crippen molar-refractivity contribution in [3.63, 3.8) is 0 Å². The molecule has 0 N–H and O–H groups in total. The van der Waals surface area contributed by atoms with Gasteiger partial charge in [-0.05, 0) is 36.8 Å². The Morgan fingerprint density at radius 1 is 0.963 bits per heavy atom. The number of aryl methyl sites for hydroxylation is 1. The molecule has 0 aliphatic carbocycles. The van der Waals surface area contributed by atoms with Crippen molar-refractivity contribution in [2.24, 2.45) is 0 Å². The lowest BCUT2D eigenvalue weighted by Crippen LogP contribution is -2.19. The predicted octanol–water partition coefficient (Wildman–Crippen LogP) is 5.48. The fraction of sp³-hybridized carbons (Fsp3) is 0.100. The summed E-state index contributed by atoms with van der Waals surface area (Å²) in [4.78, 5) is 17.1. The highest BCUT2D eigenvalue weighted by atomic mass is 35.5. The molecule has 4 nitrogen and oxygen atoms in total. The molecular weight excluding hydrogens is 405 g/mol. The normalized spacial score (nSPS) is 11.3. The molecule has 0 saturated heterocycles. The molecule has 0 aliphatic heterocycles. The van der Waals surface area contributed by atoms with Gasteiger partial charge < -0.3 is 4.57 Å². The zero-order valence-corrected chi connectivity index (χ0v) is 16.6. The van der Waals surface area contributed by atoms with E-state index in [4.69, 9.17) is 39.8 Å². The highest BCUT2D eigenvalue weighted by Crippen LogP contribution is 2.24. The summed E-state index contributed by atoms with van der Waals surface area (Å²) in [6.45, 7) is 2.40. The lowest BCUT2D eigenvalue weighted by atomic mass is 10.2.